The lowest BCUT2D eigenvalue weighted by Gasteiger charge is -2.12. The molecule has 0 aliphatic carbocycles. The number of rotatable bonds is 8. The van der Waals surface area contributed by atoms with Crippen molar-refractivity contribution < 1.29 is 27.9 Å². The first kappa shape index (κ1) is 22.0. The Bertz CT molecular complexity index is 1290. The number of amides is 1. The summed E-state index contributed by atoms with van der Waals surface area (Å²) in [4.78, 5) is 21.0. The van der Waals surface area contributed by atoms with Gasteiger partial charge in [0.15, 0.2) is 6.61 Å². The van der Waals surface area contributed by atoms with Crippen molar-refractivity contribution in [1.82, 2.24) is 20.4 Å². The summed E-state index contributed by atoms with van der Waals surface area (Å²) >= 11 is 0. The van der Waals surface area contributed by atoms with E-state index in [1.54, 1.807) is 51.5 Å². The van der Waals surface area contributed by atoms with E-state index in [1.807, 2.05) is 0 Å². The van der Waals surface area contributed by atoms with Crippen LogP contribution in [0.5, 0.6) is 17.4 Å². The van der Waals surface area contributed by atoms with Crippen LogP contribution in [0.1, 0.15) is 11.4 Å². The second-order valence-corrected chi connectivity index (χ2v) is 7.04. The van der Waals surface area contributed by atoms with Crippen molar-refractivity contribution in [2.75, 3.05) is 20.8 Å². The van der Waals surface area contributed by atoms with Crippen LogP contribution in [0, 0.1) is 12.7 Å². The standard InChI is InChI=1S/C23H21FN4O5/c1-13-26-22(20-21(28-33-23(20)27-13)14-4-6-16(24)7-5-14)32-12-19(29)25-11-15-10-17(30-2)8-9-18(15)31-3/h4-10H,11-12H2,1-3H3,(H,25,29). The first-order valence-corrected chi connectivity index (χ1v) is 9.99. The Labute approximate surface area is 188 Å². The van der Waals surface area contributed by atoms with E-state index in [4.69, 9.17) is 18.7 Å². The van der Waals surface area contributed by atoms with Crippen LogP contribution in [0.25, 0.3) is 22.4 Å². The largest absolute Gasteiger partial charge is 0.497 e. The number of aromatic nitrogens is 3. The average Bonchev–Trinajstić information content (AvgIpc) is 3.25. The van der Waals surface area contributed by atoms with Crippen LogP contribution in [0.4, 0.5) is 4.39 Å². The van der Waals surface area contributed by atoms with Crippen molar-refractivity contribution >= 4 is 17.0 Å². The highest BCUT2D eigenvalue weighted by molar-refractivity contribution is 5.93. The molecule has 0 unspecified atom stereocenters. The average molecular weight is 452 g/mol. The third-order valence-electron chi connectivity index (χ3n) is 4.84. The van der Waals surface area contributed by atoms with E-state index in [0.29, 0.717) is 34.0 Å². The Morgan fingerprint density at radius 2 is 1.88 bits per heavy atom. The Hall–Kier alpha value is -4.21. The number of nitrogens with zero attached hydrogens (tertiary/aromatic N) is 3. The van der Waals surface area contributed by atoms with Crippen LogP contribution < -0.4 is 19.5 Å². The molecule has 9 nitrogen and oxygen atoms in total. The minimum Gasteiger partial charge on any atom is -0.497 e. The number of aryl methyl sites for hydroxylation is 1. The van der Waals surface area contributed by atoms with E-state index >= 15 is 0 Å². The summed E-state index contributed by atoms with van der Waals surface area (Å²) in [7, 11) is 3.12. The SMILES string of the molecule is COc1ccc(OC)c(CNC(=O)COc2nc(C)nc3onc(-c4ccc(F)cc4)c23)c1. The van der Waals surface area contributed by atoms with E-state index in [9.17, 15) is 9.18 Å². The Kier molecular flexibility index (Phi) is 6.34. The van der Waals surface area contributed by atoms with Crippen molar-refractivity contribution in [3.63, 3.8) is 0 Å². The van der Waals surface area contributed by atoms with Gasteiger partial charge in [-0.2, -0.15) is 9.97 Å². The van der Waals surface area contributed by atoms with E-state index in [2.05, 4.69) is 20.4 Å². The summed E-state index contributed by atoms with van der Waals surface area (Å²) < 4.78 is 34.9. The van der Waals surface area contributed by atoms with E-state index in [0.717, 1.165) is 5.56 Å². The highest BCUT2D eigenvalue weighted by atomic mass is 19.1. The van der Waals surface area contributed by atoms with Crippen molar-refractivity contribution in [3.05, 3.63) is 59.7 Å². The summed E-state index contributed by atoms with van der Waals surface area (Å²) in [5.41, 5.74) is 1.95. The Morgan fingerprint density at radius 1 is 1.09 bits per heavy atom. The van der Waals surface area contributed by atoms with Gasteiger partial charge in [0, 0.05) is 17.7 Å². The number of ether oxygens (including phenoxy) is 3. The van der Waals surface area contributed by atoms with Gasteiger partial charge in [-0.05, 0) is 49.4 Å². The molecule has 0 bridgehead atoms. The number of benzene rings is 2. The lowest BCUT2D eigenvalue weighted by molar-refractivity contribution is -0.123. The molecule has 1 N–H and O–H groups in total. The van der Waals surface area contributed by atoms with Crippen molar-refractivity contribution in [1.29, 1.82) is 0 Å². The Balaban J connectivity index is 1.51. The maximum Gasteiger partial charge on any atom is 0.265 e. The topological polar surface area (TPSA) is 109 Å². The summed E-state index contributed by atoms with van der Waals surface area (Å²) in [6.07, 6.45) is 0. The zero-order chi connectivity index (χ0) is 23.4. The molecule has 0 aliphatic heterocycles. The number of methoxy groups -OCH3 is 2. The smallest absolute Gasteiger partial charge is 0.265 e. The van der Waals surface area contributed by atoms with Gasteiger partial charge < -0.3 is 24.1 Å². The summed E-state index contributed by atoms with van der Waals surface area (Å²) in [6, 6.07) is 11.1. The number of halogens is 1. The molecule has 4 aromatic rings. The van der Waals surface area contributed by atoms with Crippen LogP contribution >= 0.6 is 0 Å². The van der Waals surface area contributed by atoms with Gasteiger partial charge in [0.1, 0.15) is 34.2 Å². The van der Waals surface area contributed by atoms with E-state index in [1.165, 1.54) is 12.1 Å². The third kappa shape index (κ3) is 4.84. The van der Waals surface area contributed by atoms with E-state index < -0.39 is 0 Å². The fourth-order valence-electron chi connectivity index (χ4n) is 3.23. The lowest BCUT2D eigenvalue weighted by Crippen LogP contribution is -2.28. The monoisotopic (exact) mass is 452 g/mol. The zero-order valence-electron chi connectivity index (χ0n) is 18.2. The van der Waals surface area contributed by atoms with Gasteiger partial charge in [0.25, 0.3) is 11.6 Å². The van der Waals surface area contributed by atoms with Crippen LogP contribution in [0.2, 0.25) is 0 Å². The second kappa shape index (κ2) is 9.51. The van der Waals surface area contributed by atoms with Gasteiger partial charge in [-0.25, -0.2) is 4.39 Å². The summed E-state index contributed by atoms with van der Waals surface area (Å²) in [6.45, 7) is 1.59. The normalized spacial score (nSPS) is 10.8. The molecule has 0 atom stereocenters. The minimum absolute atomic E-state index is 0.146. The summed E-state index contributed by atoms with van der Waals surface area (Å²) in [5, 5.41) is 7.21. The lowest BCUT2D eigenvalue weighted by atomic mass is 10.1. The Morgan fingerprint density at radius 3 is 2.61 bits per heavy atom. The molecule has 33 heavy (non-hydrogen) atoms. The van der Waals surface area contributed by atoms with Crippen molar-refractivity contribution in [2.24, 2.45) is 0 Å². The fourth-order valence-corrected chi connectivity index (χ4v) is 3.23. The van der Waals surface area contributed by atoms with Crippen LogP contribution in [-0.2, 0) is 11.3 Å². The number of hydrogen-bond acceptors (Lipinski definition) is 8. The first-order valence-electron chi connectivity index (χ1n) is 9.99. The molecule has 0 fully saturated rings. The second-order valence-electron chi connectivity index (χ2n) is 7.04. The van der Waals surface area contributed by atoms with Gasteiger partial charge in [-0.3, -0.25) is 4.79 Å². The van der Waals surface area contributed by atoms with Gasteiger partial charge in [0.2, 0.25) is 5.88 Å². The molecule has 10 heteroatoms. The minimum atomic E-state index is -0.376. The molecule has 4 rings (SSSR count). The predicted molar refractivity (Wildman–Crippen MR) is 117 cm³/mol. The number of carbonyl (C=O) groups excluding carboxylic acids is 1. The molecule has 0 aliphatic rings. The van der Waals surface area contributed by atoms with Gasteiger partial charge in [0.05, 0.1) is 14.2 Å². The molecule has 2 heterocycles. The molecule has 2 aromatic heterocycles. The van der Waals surface area contributed by atoms with Crippen LogP contribution in [0.15, 0.2) is 47.0 Å². The predicted octanol–water partition coefficient (Wildman–Crippen LogP) is 3.44. The molecular formula is C23H21FN4O5. The van der Waals surface area contributed by atoms with Crippen LogP contribution in [-0.4, -0.2) is 41.9 Å². The highest BCUT2D eigenvalue weighted by Gasteiger charge is 2.20. The number of nitrogens with one attached hydrogen (secondary N) is 1. The molecule has 1 amide bonds. The molecule has 0 saturated heterocycles. The third-order valence-corrected chi connectivity index (χ3v) is 4.84. The first-order chi connectivity index (χ1) is 16.0. The number of hydrogen-bond donors (Lipinski definition) is 1. The quantitative estimate of drug-likeness (QED) is 0.433. The molecule has 0 spiro atoms. The zero-order valence-corrected chi connectivity index (χ0v) is 18.2. The molecule has 2 aromatic carbocycles. The molecular weight excluding hydrogens is 431 g/mol. The number of carbonyl (C=O) groups is 1. The van der Waals surface area contributed by atoms with Gasteiger partial charge in [-0.15, -0.1) is 0 Å². The maximum absolute atomic E-state index is 13.3. The molecule has 170 valence electrons. The maximum atomic E-state index is 13.3. The van der Waals surface area contributed by atoms with Gasteiger partial charge >= 0.3 is 0 Å². The molecule has 0 saturated carbocycles. The van der Waals surface area contributed by atoms with Gasteiger partial charge in [-0.1, -0.05) is 5.16 Å². The molecule has 0 radical (unpaired) electrons. The summed E-state index contributed by atoms with van der Waals surface area (Å²) in [5.74, 6) is 1.06. The number of fused-ring (bicyclic) bond motifs is 1. The van der Waals surface area contributed by atoms with Crippen molar-refractivity contribution in [2.45, 2.75) is 13.5 Å². The van der Waals surface area contributed by atoms with E-state index in [-0.39, 0.29) is 36.5 Å². The van der Waals surface area contributed by atoms with Crippen molar-refractivity contribution in [3.8, 4) is 28.6 Å². The fraction of sp³-hybridized carbons (Fsp3) is 0.217. The van der Waals surface area contributed by atoms with Crippen LogP contribution in [0.3, 0.4) is 0 Å². The highest BCUT2D eigenvalue weighted by Crippen LogP contribution is 2.33.